The lowest BCUT2D eigenvalue weighted by Crippen LogP contribution is -2.22. The first-order valence-corrected chi connectivity index (χ1v) is 7.78. The molecule has 1 saturated carbocycles. The van der Waals surface area contributed by atoms with Crippen LogP contribution in [0, 0.1) is 5.82 Å². The second-order valence-electron chi connectivity index (χ2n) is 5.93. The molecule has 0 bridgehead atoms. The maximum atomic E-state index is 13.0. The smallest absolute Gasteiger partial charge is 0.123 e. The third kappa shape index (κ3) is 3.16. The van der Waals surface area contributed by atoms with Crippen molar-refractivity contribution in [3.05, 3.63) is 71.0 Å². The summed E-state index contributed by atoms with van der Waals surface area (Å²) in [6.45, 7) is 0. The second kappa shape index (κ2) is 6.40. The van der Waals surface area contributed by atoms with E-state index in [1.54, 1.807) is 12.1 Å². The number of benzene rings is 2. The Kier molecular flexibility index (Phi) is 4.35. The molecule has 21 heavy (non-hydrogen) atoms. The van der Waals surface area contributed by atoms with E-state index in [0.29, 0.717) is 0 Å². The van der Waals surface area contributed by atoms with Gasteiger partial charge in [0.25, 0.3) is 0 Å². The van der Waals surface area contributed by atoms with Crippen LogP contribution >= 0.6 is 0 Å². The van der Waals surface area contributed by atoms with Gasteiger partial charge < -0.3 is 5.32 Å². The second-order valence-corrected chi connectivity index (χ2v) is 5.93. The molecule has 1 nitrogen and oxygen atoms in total. The molecule has 0 saturated heterocycles. The minimum Gasteiger partial charge on any atom is -0.313 e. The van der Waals surface area contributed by atoms with E-state index in [1.807, 2.05) is 19.2 Å². The molecule has 0 aromatic heterocycles. The first-order chi connectivity index (χ1) is 10.3. The molecule has 3 rings (SSSR count). The molecular weight excluding hydrogens is 261 g/mol. The average Bonchev–Trinajstić information content (AvgIpc) is 2.46. The fraction of sp³-hybridized carbons (Fsp3) is 0.368. The van der Waals surface area contributed by atoms with E-state index in [9.17, 15) is 4.39 Å². The van der Waals surface area contributed by atoms with Crippen LogP contribution in [-0.2, 0) is 6.42 Å². The highest BCUT2D eigenvalue weighted by molar-refractivity contribution is 5.35. The number of nitrogens with one attached hydrogen (secondary N) is 1. The molecular formula is C19H22FN. The molecule has 0 amide bonds. The largest absolute Gasteiger partial charge is 0.313 e. The quantitative estimate of drug-likeness (QED) is 0.846. The number of hydrogen-bond donors (Lipinski definition) is 1. The van der Waals surface area contributed by atoms with Crippen LogP contribution in [0.2, 0.25) is 0 Å². The highest BCUT2D eigenvalue weighted by atomic mass is 19.1. The fourth-order valence-electron chi connectivity index (χ4n) is 3.14. The number of likely N-dealkylation sites (N-methyl/N-ethyl adjacent to an activating group) is 1. The van der Waals surface area contributed by atoms with Crippen molar-refractivity contribution in [1.82, 2.24) is 5.32 Å². The van der Waals surface area contributed by atoms with E-state index in [1.165, 1.54) is 36.0 Å². The van der Waals surface area contributed by atoms with Gasteiger partial charge in [0.05, 0.1) is 0 Å². The van der Waals surface area contributed by atoms with Crippen LogP contribution in [0.3, 0.4) is 0 Å². The molecule has 0 aliphatic heterocycles. The summed E-state index contributed by atoms with van der Waals surface area (Å²) in [6, 6.07) is 15.9. The van der Waals surface area contributed by atoms with Crippen LogP contribution in [0.5, 0.6) is 0 Å². The zero-order valence-corrected chi connectivity index (χ0v) is 12.5. The van der Waals surface area contributed by atoms with Gasteiger partial charge in [-0.3, -0.25) is 0 Å². The van der Waals surface area contributed by atoms with Crippen LogP contribution < -0.4 is 5.32 Å². The van der Waals surface area contributed by atoms with Gasteiger partial charge in [-0.15, -0.1) is 0 Å². The van der Waals surface area contributed by atoms with Gasteiger partial charge in [-0.2, -0.15) is 0 Å². The topological polar surface area (TPSA) is 12.0 Å². The summed E-state index contributed by atoms with van der Waals surface area (Å²) in [7, 11) is 2.01. The highest BCUT2D eigenvalue weighted by Crippen LogP contribution is 2.39. The van der Waals surface area contributed by atoms with Crippen molar-refractivity contribution in [1.29, 1.82) is 0 Å². The maximum absolute atomic E-state index is 13.0. The summed E-state index contributed by atoms with van der Waals surface area (Å²) >= 11 is 0. The molecule has 0 spiro atoms. The van der Waals surface area contributed by atoms with Crippen molar-refractivity contribution in [2.75, 3.05) is 7.05 Å². The molecule has 1 N–H and O–H groups in total. The van der Waals surface area contributed by atoms with E-state index < -0.39 is 0 Å². The van der Waals surface area contributed by atoms with Gasteiger partial charge in [0, 0.05) is 6.04 Å². The Morgan fingerprint density at radius 1 is 1.10 bits per heavy atom. The molecule has 2 aromatic rings. The van der Waals surface area contributed by atoms with Crippen molar-refractivity contribution in [2.45, 2.75) is 37.6 Å². The Labute approximate surface area is 126 Å². The Hall–Kier alpha value is -1.67. The summed E-state index contributed by atoms with van der Waals surface area (Å²) in [4.78, 5) is 0. The van der Waals surface area contributed by atoms with Crippen molar-refractivity contribution in [3.8, 4) is 0 Å². The highest BCUT2D eigenvalue weighted by Gasteiger charge is 2.24. The Bertz CT molecular complexity index is 587. The van der Waals surface area contributed by atoms with E-state index in [2.05, 4.69) is 29.6 Å². The third-order valence-electron chi connectivity index (χ3n) is 4.62. The number of rotatable bonds is 5. The molecule has 1 unspecified atom stereocenters. The Morgan fingerprint density at radius 3 is 2.43 bits per heavy atom. The molecule has 1 fully saturated rings. The fourth-order valence-corrected chi connectivity index (χ4v) is 3.14. The van der Waals surface area contributed by atoms with Crippen molar-refractivity contribution >= 4 is 0 Å². The van der Waals surface area contributed by atoms with Gasteiger partial charge in [0.15, 0.2) is 0 Å². The lowest BCUT2D eigenvalue weighted by molar-refractivity contribution is 0.412. The van der Waals surface area contributed by atoms with Gasteiger partial charge in [-0.25, -0.2) is 4.39 Å². The van der Waals surface area contributed by atoms with Gasteiger partial charge in [0.1, 0.15) is 5.82 Å². The first-order valence-electron chi connectivity index (χ1n) is 7.78. The summed E-state index contributed by atoms with van der Waals surface area (Å²) in [6.07, 6.45) is 4.86. The van der Waals surface area contributed by atoms with E-state index in [4.69, 9.17) is 0 Å². The van der Waals surface area contributed by atoms with Crippen LogP contribution in [-0.4, -0.2) is 7.05 Å². The van der Waals surface area contributed by atoms with E-state index in [-0.39, 0.29) is 11.9 Å². The number of hydrogen-bond acceptors (Lipinski definition) is 1. The van der Waals surface area contributed by atoms with Crippen molar-refractivity contribution in [3.63, 3.8) is 0 Å². The monoisotopic (exact) mass is 283 g/mol. The van der Waals surface area contributed by atoms with Crippen LogP contribution in [0.1, 0.15) is 47.9 Å². The minimum atomic E-state index is -0.172. The normalized spacial score (nSPS) is 16.5. The molecule has 2 aromatic carbocycles. The van der Waals surface area contributed by atoms with Crippen LogP contribution in [0.4, 0.5) is 4.39 Å². The van der Waals surface area contributed by atoms with Gasteiger partial charge in [-0.1, -0.05) is 42.8 Å². The van der Waals surface area contributed by atoms with E-state index in [0.717, 1.165) is 12.3 Å². The van der Waals surface area contributed by atoms with Gasteiger partial charge in [0.2, 0.25) is 0 Å². The summed E-state index contributed by atoms with van der Waals surface area (Å²) < 4.78 is 13.0. The van der Waals surface area contributed by atoms with Crippen LogP contribution in [0.15, 0.2) is 48.5 Å². The van der Waals surface area contributed by atoms with Crippen LogP contribution in [0.25, 0.3) is 0 Å². The molecule has 110 valence electrons. The summed E-state index contributed by atoms with van der Waals surface area (Å²) in [5.41, 5.74) is 4.05. The molecule has 1 aliphatic carbocycles. The lowest BCUT2D eigenvalue weighted by Gasteiger charge is -2.30. The standard InChI is InChI=1S/C19H22FN/c1-21-19(13-14-9-11-16(20)12-10-14)18-8-3-2-7-17(18)15-5-4-6-15/h2-3,7-12,15,19,21H,4-6,13H2,1H3. The molecule has 0 heterocycles. The minimum absolute atomic E-state index is 0.172. The van der Waals surface area contributed by atoms with Crippen molar-refractivity contribution < 1.29 is 4.39 Å². The predicted octanol–water partition coefficient (Wildman–Crippen LogP) is 4.60. The van der Waals surface area contributed by atoms with Gasteiger partial charge >= 0.3 is 0 Å². The SMILES string of the molecule is CNC(Cc1ccc(F)cc1)c1ccccc1C1CCC1. The lowest BCUT2D eigenvalue weighted by atomic mass is 9.76. The van der Waals surface area contributed by atoms with E-state index >= 15 is 0 Å². The average molecular weight is 283 g/mol. The molecule has 2 heteroatoms. The Balaban J connectivity index is 1.84. The summed E-state index contributed by atoms with van der Waals surface area (Å²) in [5, 5.41) is 3.43. The molecule has 1 atom stereocenters. The molecule has 1 aliphatic rings. The first kappa shape index (κ1) is 14.3. The Morgan fingerprint density at radius 2 is 1.81 bits per heavy atom. The predicted molar refractivity (Wildman–Crippen MR) is 84.9 cm³/mol. The number of halogens is 1. The van der Waals surface area contributed by atoms with Crippen molar-refractivity contribution in [2.24, 2.45) is 0 Å². The molecule has 0 radical (unpaired) electrons. The maximum Gasteiger partial charge on any atom is 0.123 e. The zero-order chi connectivity index (χ0) is 14.7. The summed E-state index contributed by atoms with van der Waals surface area (Å²) in [5.74, 6) is 0.555. The third-order valence-corrected chi connectivity index (χ3v) is 4.62. The zero-order valence-electron chi connectivity index (χ0n) is 12.5. The van der Waals surface area contributed by atoms with Gasteiger partial charge in [-0.05, 0) is 61.1 Å².